The number of hydrogen-bond donors (Lipinski definition) is 1. The van der Waals surface area contributed by atoms with E-state index in [9.17, 15) is 4.79 Å². The van der Waals surface area contributed by atoms with Gasteiger partial charge in [0.2, 0.25) is 6.79 Å². The molecule has 2 heterocycles. The number of nitrogens with two attached hydrogens (primary N) is 1. The van der Waals surface area contributed by atoms with Crippen LogP contribution in [0.1, 0.15) is 5.82 Å². The number of fused-ring (bicyclic) bond motifs is 1. The summed E-state index contributed by atoms with van der Waals surface area (Å²) in [7, 11) is 1.79. The van der Waals surface area contributed by atoms with Gasteiger partial charge in [-0.05, 0) is 18.2 Å². The minimum Gasteiger partial charge on any atom is -0.454 e. The number of imidazole rings is 1. The van der Waals surface area contributed by atoms with E-state index >= 15 is 0 Å². The van der Waals surface area contributed by atoms with Crippen molar-refractivity contribution in [2.24, 2.45) is 12.8 Å². The number of rotatable bonds is 3. The standard InChI is InChI=1S/C15H12N4O3/c1-19-11(7-18-14(19)5-10(6-16)15(17)20)9-2-3-12-13(4-9)22-8-21-12/h2-5,7H,8H2,1H3,(H2,17,20)/b10-5+. The largest absolute Gasteiger partial charge is 0.454 e. The normalized spacial score (nSPS) is 13.0. The molecule has 0 radical (unpaired) electrons. The lowest BCUT2D eigenvalue weighted by Crippen LogP contribution is -2.12. The molecule has 1 aliphatic heterocycles. The third-order valence-corrected chi connectivity index (χ3v) is 3.35. The number of nitrogens with zero attached hydrogens (tertiary/aromatic N) is 3. The van der Waals surface area contributed by atoms with Crippen LogP contribution in [0, 0.1) is 11.3 Å². The average Bonchev–Trinajstić information content (AvgIpc) is 3.10. The Morgan fingerprint density at radius 3 is 2.95 bits per heavy atom. The van der Waals surface area contributed by atoms with Gasteiger partial charge in [-0.1, -0.05) is 0 Å². The molecule has 0 saturated heterocycles. The fraction of sp³-hybridized carbons (Fsp3) is 0.133. The molecule has 7 nitrogen and oxygen atoms in total. The molecule has 2 aromatic rings. The monoisotopic (exact) mass is 296 g/mol. The molecule has 1 aromatic heterocycles. The maximum atomic E-state index is 11.1. The lowest BCUT2D eigenvalue weighted by Gasteiger charge is -2.05. The Morgan fingerprint density at radius 2 is 2.23 bits per heavy atom. The molecule has 2 N–H and O–H groups in total. The summed E-state index contributed by atoms with van der Waals surface area (Å²) in [5, 5.41) is 8.89. The van der Waals surface area contributed by atoms with Crippen LogP contribution in [0.3, 0.4) is 0 Å². The molecule has 3 rings (SSSR count). The van der Waals surface area contributed by atoms with Crippen LogP contribution in [0.2, 0.25) is 0 Å². The van der Waals surface area contributed by atoms with Crippen LogP contribution in [0.5, 0.6) is 11.5 Å². The number of benzene rings is 1. The molecule has 0 unspecified atom stereocenters. The van der Waals surface area contributed by atoms with Crippen molar-refractivity contribution >= 4 is 12.0 Å². The smallest absolute Gasteiger partial charge is 0.259 e. The first-order valence-electron chi connectivity index (χ1n) is 6.43. The number of amides is 1. The quantitative estimate of drug-likeness (QED) is 0.677. The number of hydrogen-bond acceptors (Lipinski definition) is 5. The molecule has 110 valence electrons. The predicted octanol–water partition coefficient (Wildman–Crippen LogP) is 1.21. The summed E-state index contributed by atoms with van der Waals surface area (Å²) in [5.41, 5.74) is 6.68. The summed E-state index contributed by atoms with van der Waals surface area (Å²) in [6.45, 7) is 0.211. The topological polar surface area (TPSA) is 103 Å². The molecule has 0 atom stereocenters. The van der Waals surface area contributed by atoms with Crippen LogP contribution >= 0.6 is 0 Å². The Labute approximate surface area is 126 Å². The fourth-order valence-electron chi connectivity index (χ4n) is 2.17. The van der Waals surface area contributed by atoms with Crippen molar-refractivity contribution in [1.29, 1.82) is 5.26 Å². The van der Waals surface area contributed by atoms with Gasteiger partial charge in [0, 0.05) is 18.7 Å². The zero-order chi connectivity index (χ0) is 15.7. The van der Waals surface area contributed by atoms with Crippen LogP contribution in [0.25, 0.3) is 17.3 Å². The highest BCUT2D eigenvalue weighted by atomic mass is 16.7. The van der Waals surface area contributed by atoms with Crippen molar-refractivity contribution < 1.29 is 14.3 Å². The molecule has 1 amide bonds. The molecule has 0 spiro atoms. The van der Waals surface area contributed by atoms with Gasteiger partial charge in [0.1, 0.15) is 17.5 Å². The molecule has 1 aliphatic rings. The Morgan fingerprint density at radius 1 is 1.45 bits per heavy atom. The maximum absolute atomic E-state index is 11.1. The first-order valence-corrected chi connectivity index (χ1v) is 6.43. The van der Waals surface area contributed by atoms with E-state index in [1.165, 1.54) is 6.08 Å². The average molecular weight is 296 g/mol. The van der Waals surface area contributed by atoms with Crippen LogP contribution in [-0.2, 0) is 11.8 Å². The van der Waals surface area contributed by atoms with E-state index < -0.39 is 5.91 Å². The van der Waals surface area contributed by atoms with E-state index in [1.807, 2.05) is 18.2 Å². The Bertz CT molecular complexity index is 830. The maximum Gasteiger partial charge on any atom is 0.259 e. The van der Waals surface area contributed by atoms with Crippen LogP contribution < -0.4 is 15.2 Å². The molecule has 0 fully saturated rings. The number of nitriles is 1. The first-order chi connectivity index (χ1) is 10.6. The summed E-state index contributed by atoms with van der Waals surface area (Å²) in [5.74, 6) is 1.05. The summed E-state index contributed by atoms with van der Waals surface area (Å²) in [6, 6.07) is 7.32. The molecule has 0 saturated carbocycles. The van der Waals surface area contributed by atoms with Gasteiger partial charge in [-0.2, -0.15) is 5.26 Å². The lowest BCUT2D eigenvalue weighted by atomic mass is 10.1. The van der Waals surface area contributed by atoms with E-state index in [-0.39, 0.29) is 12.4 Å². The van der Waals surface area contributed by atoms with E-state index in [1.54, 1.807) is 23.9 Å². The second-order valence-electron chi connectivity index (χ2n) is 4.66. The van der Waals surface area contributed by atoms with Gasteiger partial charge in [0.15, 0.2) is 11.5 Å². The number of aromatic nitrogens is 2. The molecular formula is C15H12N4O3. The van der Waals surface area contributed by atoms with Gasteiger partial charge in [-0.25, -0.2) is 4.98 Å². The molecule has 7 heteroatoms. The highest BCUT2D eigenvalue weighted by Gasteiger charge is 2.16. The number of ether oxygens (including phenoxy) is 2. The van der Waals surface area contributed by atoms with Crippen molar-refractivity contribution in [3.8, 4) is 28.8 Å². The summed E-state index contributed by atoms with van der Waals surface area (Å²) < 4.78 is 12.4. The fourth-order valence-corrected chi connectivity index (χ4v) is 2.17. The van der Waals surface area contributed by atoms with E-state index in [0.717, 1.165) is 11.3 Å². The summed E-state index contributed by atoms with van der Waals surface area (Å²) >= 11 is 0. The highest BCUT2D eigenvalue weighted by molar-refractivity contribution is 6.00. The van der Waals surface area contributed by atoms with Gasteiger partial charge in [0.25, 0.3) is 5.91 Å². The third-order valence-electron chi connectivity index (χ3n) is 3.35. The van der Waals surface area contributed by atoms with Gasteiger partial charge in [-0.15, -0.1) is 0 Å². The van der Waals surface area contributed by atoms with E-state index in [2.05, 4.69) is 4.98 Å². The molecule has 1 aromatic carbocycles. The van der Waals surface area contributed by atoms with Crippen molar-refractivity contribution in [2.45, 2.75) is 0 Å². The van der Waals surface area contributed by atoms with E-state index in [4.69, 9.17) is 20.5 Å². The number of carbonyl (C=O) groups is 1. The predicted molar refractivity (Wildman–Crippen MR) is 77.6 cm³/mol. The van der Waals surface area contributed by atoms with Gasteiger partial charge < -0.3 is 19.8 Å². The van der Waals surface area contributed by atoms with Crippen LogP contribution in [-0.4, -0.2) is 22.3 Å². The Balaban J connectivity index is 2.01. The number of carbonyl (C=O) groups excluding carboxylic acids is 1. The van der Waals surface area contributed by atoms with Gasteiger partial charge >= 0.3 is 0 Å². The first kappa shape index (κ1) is 13.7. The molecule has 0 bridgehead atoms. The molecular weight excluding hydrogens is 284 g/mol. The lowest BCUT2D eigenvalue weighted by molar-refractivity contribution is -0.114. The van der Waals surface area contributed by atoms with E-state index in [0.29, 0.717) is 17.3 Å². The van der Waals surface area contributed by atoms with Crippen LogP contribution in [0.15, 0.2) is 30.0 Å². The summed E-state index contributed by atoms with van der Waals surface area (Å²) in [4.78, 5) is 15.3. The minimum absolute atomic E-state index is 0.147. The van der Waals surface area contributed by atoms with Crippen molar-refractivity contribution in [1.82, 2.24) is 9.55 Å². The SMILES string of the molecule is Cn1c(-c2ccc3c(c2)OCO3)cnc1/C=C(\C#N)C(N)=O. The van der Waals surface area contributed by atoms with Crippen LogP contribution in [0.4, 0.5) is 0 Å². The van der Waals surface area contributed by atoms with Gasteiger partial charge in [0.05, 0.1) is 11.9 Å². The zero-order valence-corrected chi connectivity index (χ0v) is 11.7. The molecule has 22 heavy (non-hydrogen) atoms. The second-order valence-corrected chi connectivity index (χ2v) is 4.66. The Hall–Kier alpha value is -3.27. The summed E-state index contributed by atoms with van der Waals surface area (Å²) in [6.07, 6.45) is 3.01. The van der Waals surface area contributed by atoms with Gasteiger partial charge in [-0.3, -0.25) is 4.79 Å². The number of primary amides is 1. The van der Waals surface area contributed by atoms with Crippen molar-refractivity contribution in [3.63, 3.8) is 0 Å². The second kappa shape index (κ2) is 5.26. The van der Waals surface area contributed by atoms with Crippen molar-refractivity contribution in [3.05, 3.63) is 35.8 Å². The third kappa shape index (κ3) is 2.27. The zero-order valence-electron chi connectivity index (χ0n) is 11.7. The highest BCUT2D eigenvalue weighted by Crippen LogP contribution is 2.35. The van der Waals surface area contributed by atoms with Crippen molar-refractivity contribution in [2.75, 3.05) is 6.79 Å². The molecule has 0 aliphatic carbocycles. The Kier molecular flexibility index (Phi) is 3.27. The minimum atomic E-state index is -0.782.